The molecule has 4 fully saturated rings. The number of halogens is 2. The normalized spacial score (nSPS) is 23.3. The van der Waals surface area contributed by atoms with Crippen LogP contribution in [0.3, 0.4) is 0 Å². The molecule has 13 heteroatoms. The Morgan fingerprint density at radius 3 is 2.43 bits per heavy atom. The average Bonchev–Trinajstić information content (AvgIpc) is 3.83. The van der Waals surface area contributed by atoms with E-state index in [1.54, 1.807) is 17.4 Å². The van der Waals surface area contributed by atoms with Gasteiger partial charge in [0.15, 0.2) is 5.13 Å². The number of nitrogens with zero attached hydrogens (tertiary/aromatic N) is 5. The van der Waals surface area contributed by atoms with Gasteiger partial charge in [0.25, 0.3) is 5.91 Å². The Hall–Kier alpha value is -2.44. The third kappa shape index (κ3) is 6.18. The summed E-state index contributed by atoms with van der Waals surface area (Å²) in [6.07, 6.45) is 9.26. The van der Waals surface area contributed by atoms with Gasteiger partial charge in [-0.2, -0.15) is 0 Å². The number of nitrogens with one attached hydrogen (secondary N) is 1. The van der Waals surface area contributed by atoms with E-state index in [2.05, 4.69) is 20.1 Å². The molecule has 2 N–H and O–H groups in total. The third-order valence-corrected chi connectivity index (χ3v) is 12.4. The lowest BCUT2D eigenvalue weighted by Crippen LogP contribution is -2.44. The Bertz CT molecular complexity index is 1530. The maximum atomic E-state index is 13.4. The monoisotopic (exact) mass is 674 g/mol. The Kier molecular flexibility index (Phi) is 8.76. The van der Waals surface area contributed by atoms with Gasteiger partial charge in [-0.15, -0.1) is 11.3 Å². The van der Waals surface area contributed by atoms with Crippen LogP contribution in [-0.4, -0.2) is 77.2 Å². The molecule has 9 nitrogen and oxygen atoms in total. The molecule has 0 spiro atoms. The molecule has 0 aromatic carbocycles. The maximum absolute atomic E-state index is 13.4. The van der Waals surface area contributed by atoms with Gasteiger partial charge in [-0.05, 0) is 62.6 Å². The molecule has 3 aliphatic heterocycles. The second kappa shape index (κ2) is 12.7. The fourth-order valence-electron chi connectivity index (χ4n) is 7.44. The minimum Gasteiger partial charge on any atom is -0.481 e. The zero-order valence-electron chi connectivity index (χ0n) is 24.4. The Balaban J connectivity index is 1.07. The first-order valence-electron chi connectivity index (χ1n) is 15.5. The molecule has 6 heterocycles. The van der Waals surface area contributed by atoms with Gasteiger partial charge in [-0.1, -0.05) is 47.4 Å². The molecule has 44 heavy (non-hydrogen) atoms. The Morgan fingerprint density at radius 2 is 1.73 bits per heavy atom. The minimum atomic E-state index is -0.763. The number of fused-ring (bicyclic) bond motifs is 1. The molecule has 0 radical (unpaired) electrons. The van der Waals surface area contributed by atoms with E-state index in [1.165, 1.54) is 62.7 Å². The van der Waals surface area contributed by atoms with Gasteiger partial charge in [0.2, 0.25) is 0 Å². The number of hydrogen-bond acceptors (Lipinski definition) is 9. The number of carboxylic acids is 1. The summed E-state index contributed by atoms with van der Waals surface area (Å²) in [5, 5.41) is 16.9. The number of hydrogen-bond donors (Lipinski definition) is 2. The summed E-state index contributed by atoms with van der Waals surface area (Å²) in [5.74, 6) is 0.460. The van der Waals surface area contributed by atoms with Crippen molar-refractivity contribution in [3.8, 4) is 10.6 Å². The van der Waals surface area contributed by atoms with Crippen molar-refractivity contribution in [2.75, 3.05) is 54.4 Å². The lowest BCUT2D eigenvalue weighted by molar-refractivity contribution is -0.142. The van der Waals surface area contributed by atoms with Crippen LogP contribution in [0.1, 0.15) is 55.3 Å². The highest BCUT2D eigenvalue weighted by molar-refractivity contribution is 7.21. The average molecular weight is 676 g/mol. The number of carbonyl (C=O) groups excluding carboxylic acids is 1. The summed E-state index contributed by atoms with van der Waals surface area (Å²) >= 11 is 16.0. The highest BCUT2D eigenvalue weighted by atomic mass is 35.5. The molecule has 0 bridgehead atoms. The fourth-order valence-corrected chi connectivity index (χ4v) is 9.85. The number of aromatic nitrogens is 2. The summed E-state index contributed by atoms with van der Waals surface area (Å²) in [7, 11) is 0. The van der Waals surface area contributed by atoms with E-state index in [0.29, 0.717) is 64.3 Å². The highest BCUT2D eigenvalue weighted by Gasteiger charge is 2.40. The van der Waals surface area contributed by atoms with E-state index in [-0.39, 0.29) is 11.8 Å². The van der Waals surface area contributed by atoms with Gasteiger partial charge in [-0.25, -0.2) is 9.97 Å². The van der Waals surface area contributed by atoms with Crippen LogP contribution in [0.5, 0.6) is 0 Å². The molecule has 1 amide bonds. The summed E-state index contributed by atoms with van der Waals surface area (Å²) in [5.41, 5.74) is 1.21. The Morgan fingerprint density at radius 1 is 0.955 bits per heavy atom. The van der Waals surface area contributed by atoms with Crippen LogP contribution in [0.15, 0.2) is 23.7 Å². The molecule has 3 aromatic heterocycles. The van der Waals surface area contributed by atoms with Crippen molar-refractivity contribution in [3.05, 3.63) is 39.3 Å². The predicted octanol–water partition coefficient (Wildman–Crippen LogP) is 6.83. The first-order valence-corrected chi connectivity index (χ1v) is 18.0. The number of aliphatic carboxylic acids is 1. The van der Waals surface area contributed by atoms with E-state index in [1.807, 2.05) is 16.3 Å². The number of thiazole rings is 1. The van der Waals surface area contributed by atoms with Gasteiger partial charge in [0, 0.05) is 50.3 Å². The zero-order chi connectivity index (χ0) is 30.4. The lowest BCUT2D eigenvalue weighted by Gasteiger charge is -2.38. The maximum Gasteiger partial charge on any atom is 0.306 e. The van der Waals surface area contributed by atoms with Crippen molar-refractivity contribution in [1.82, 2.24) is 14.9 Å². The quantitative estimate of drug-likeness (QED) is 0.281. The van der Waals surface area contributed by atoms with Crippen molar-refractivity contribution in [2.45, 2.75) is 51.0 Å². The molecular weight excluding hydrogens is 639 g/mol. The second-order valence-corrected chi connectivity index (χ2v) is 15.3. The van der Waals surface area contributed by atoms with Gasteiger partial charge < -0.3 is 19.8 Å². The van der Waals surface area contributed by atoms with Gasteiger partial charge in [-0.3, -0.25) is 14.9 Å². The molecular formula is C31H36Cl2N6O3S2. The zero-order valence-corrected chi connectivity index (χ0v) is 27.5. The first kappa shape index (κ1) is 30.2. The van der Waals surface area contributed by atoms with Gasteiger partial charge >= 0.3 is 5.97 Å². The second-order valence-electron chi connectivity index (χ2n) is 12.5. The molecule has 4 aliphatic rings. The van der Waals surface area contributed by atoms with Crippen LogP contribution in [-0.2, 0) is 4.79 Å². The van der Waals surface area contributed by atoms with Crippen LogP contribution < -0.4 is 15.1 Å². The third-order valence-electron chi connectivity index (χ3n) is 9.82. The van der Waals surface area contributed by atoms with E-state index >= 15 is 0 Å². The van der Waals surface area contributed by atoms with Crippen molar-refractivity contribution in [2.24, 2.45) is 17.8 Å². The Labute approximate surface area is 275 Å². The number of anilines is 3. The largest absolute Gasteiger partial charge is 0.481 e. The molecule has 234 valence electrons. The highest BCUT2D eigenvalue weighted by Crippen LogP contribution is 2.46. The van der Waals surface area contributed by atoms with Crippen LogP contribution >= 0.6 is 45.9 Å². The fraction of sp³-hybridized carbons (Fsp3) is 0.548. The summed E-state index contributed by atoms with van der Waals surface area (Å²) in [6, 6.07) is 4.33. The molecule has 7 rings (SSSR count). The van der Waals surface area contributed by atoms with E-state index in [4.69, 9.17) is 28.2 Å². The number of amides is 1. The molecule has 1 aliphatic carbocycles. The topological polar surface area (TPSA) is 102 Å². The van der Waals surface area contributed by atoms with Gasteiger partial charge in [0.1, 0.15) is 16.5 Å². The number of rotatable bonds is 7. The number of carbonyl (C=O) groups is 2. The molecule has 2 atom stereocenters. The smallest absolute Gasteiger partial charge is 0.306 e. The van der Waals surface area contributed by atoms with Crippen molar-refractivity contribution < 1.29 is 14.7 Å². The summed E-state index contributed by atoms with van der Waals surface area (Å²) in [4.78, 5) is 42.3. The van der Waals surface area contributed by atoms with Crippen molar-refractivity contribution >= 4 is 73.7 Å². The van der Waals surface area contributed by atoms with Crippen molar-refractivity contribution in [3.63, 3.8) is 0 Å². The van der Waals surface area contributed by atoms with Crippen LogP contribution in [0, 0.1) is 17.8 Å². The first-order chi connectivity index (χ1) is 21.3. The molecule has 3 aromatic rings. The standard InChI is InChI=1S/C31H36Cl2N6O3S2/c32-22-12-25(43-17-22)26-29(39-14-19-7-10-38(15-21(19)16-39)23-3-1-2-4-23)44-31(35-26)36-28(40)20-11-24(33)27(34-13-20)37-8-5-18(6-9-37)30(41)42/h11-13,17-19,21,23H,1-10,14-16H2,(H,41,42)(H,35,36,40). The van der Waals surface area contributed by atoms with E-state index in [9.17, 15) is 14.7 Å². The SMILES string of the molecule is O=C(Nc1nc(-c2cc(Cl)cs2)c(N2CC3CCN(C4CCCC4)CC3C2)s1)c1cnc(N2CCC(C(=O)O)CC2)c(Cl)c1. The van der Waals surface area contributed by atoms with Crippen LogP contribution in [0.2, 0.25) is 10.0 Å². The number of piperidine rings is 2. The molecule has 1 saturated carbocycles. The number of pyridine rings is 1. The van der Waals surface area contributed by atoms with Crippen LogP contribution in [0.25, 0.3) is 10.6 Å². The lowest BCUT2D eigenvalue weighted by atomic mass is 9.88. The number of likely N-dealkylation sites (tertiary alicyclic amines) is 1. The summed E-state index contributed by atoms with van der Waals surface area (Å²) in [6.45, 7) is 5.51. The number of thiophene rings is 1. The van der Waals surface area contributed by atoms with E-state index in [0.717, 1.165) is 34.7 Å². The minimum absolute atomic E-state index is 0.325. The van der Waals surface area contributed by atoms with E-state index < -0.39 is 5.97 Å². The molecule has 2 unspecified atom stereocenters. The van der Waals surface area contributed by atoms with Gasteiger partial charge in [0.05, 0.1) is 26.4 Å². The summed E-state index contributed by atoms with van der Waals surface area (Å²) < 4.78 is 0. The number of carboxylic acid groups (broad SMARTS) is 1. The molecule has 3 saturated heterocycles. The predicted molar refractivity (Wildman–Crippen MR) is 178 cm³/mol. The van der Waals surface area contributed by atoms with Crippen LogP contribution in [0.4, 0.5) is 16.0 Å². The van der Waals surface area contributed by atoms with Crippen molar-refractivity contribution in [1.29, 1.82) is 0 Å².